The van der Waals surface area contributed by atoms with Gasteiger partial charge in [0.1, 0.15) is 11.7 Å². The maximum atomic E-state index is 12.6. The van der Waals surface area contributed by atoms with Crippen LogP contribution in [0.4, 0.5) is 0 Å². The molecule has 36 heavy (non-hydrogen) atoms. The monoisotopic (exact) mass is 737 g/mol. The molecule has 1 fully saturated rings. The van der Waals surface area contributed by atoms with Gasteiger partial charge in [-0.2, -0.15) is 0 Å². The van der Waals surface area contributed by atoms with E-state index in [0.717, 1.165) is 23.4 Å². The Bertz CT molecular complexity index is 1070. The number of aliphatic hydroxyl groups excluding tert-OH is 1. The third kappa shape index (κ3) is 8.24. The average Bonchev–Trinajstić information content (AvgIpc) is 3.60. The summed E-state index contributed by atoms with van der Waals surface area (Å²) in [6.45, 7) is 9.61. The van der Waals surface area contributed by atoms with E-state index in [1.807, 2.05) is 39.3 Å². The second kappa shape index (κ2) is 15.0. The van der Waals surface area contributed by atoms with Gasteiger partial charge in [0.25, 0.3) is 0 Å². The van der Waals surface area contributed by atoms with Gasteiger partial charge in [0.2, 0.25) is 5.91 Å². The minimum atomic E-state index is -0.391. The van der Waals surface area contributed by atoms with Gasteiger partial charge in [-0.1, -0.05) is 50.2 Å². The van der Waals surface area contributed by atoms with Gasteiger partial charge in [0, 0.05) is 50.3 Å². The zero-order valence-corrected chi connectivity index (χ0v) is 26.6. The van der Waals surface area contributed by atoms with Crippen molar-refractivity contribution in [3.05, 3.63) is 64.0 Å². The van der Waals surface area contributed by atoms with E-state index in [0.29, 0.717) is 31.9 Å². The third-order valence-electron chi connectivity index (χ3n) is 5.98. The molecule has 1 aliphatic heterocycles. The molecule has 10 heteroatoms. The summed E-state index contributed by atoms with van der Waals surface area (Å²) >= 11 is 1.67. The predicted molar refractivity (Wildman–Crippen MR) is 137 cm³/mol. The minimum absolute atomic E-state index is 0. The number of hydrogen-bond donors (Lipinski definition) is 1. The van der Waals surface area contributed by atoms with Crippen molar-refractivity contribution in [1.29, 1.82) is 0 Å². The van der Waals surface area contributed by atoms with Crippen LogP contribution >= 0.6 is 11.3 Å². The van der Waals surface area contributed by atoms with Gasteiger partial charge in [-0.15, -0.1) is 18.4 Å². The standard InChI is InChI=1S/C14H22N2O3.C12H13N2OS.U/c1-4-10-7-12(19-15-10)13(9(2)3)14(18)16-6-5-11(17)8-16;1-9-12(16-8-14-9)11-5-3-10(4-6-11)7-15-13-2;/h7,9,11,13,17H,4-6,8H2,1-3H3;3-6,8H,7H2,1-2H3;/q;-1;. The van der Waals surface area contributed by atoms with E-state index in [1.165, 1.54) is 10.4 Å². The molecule has 2 atom stereocenters. The van der Waals surface area contributed by atoms with Crippen LogP contribution < -0.4 is 0 Å². The molecule has 8 nitrogen and oxygen atoms in total. The van der Waals surface area contributed by atoms with Crippen molar-refractivity contribution in [2.75, 3.05) is 20.1 Å². The number of hydrogen-bond acceptors (Lipinski definition) is 7. The second-order valence-electron chi connectivity index (χ2n) is 8.94. The Morgan fingerprint density at radius 2 is 2.06 bits per heavy atom. The number of thiazole rings is 1. The summed E-state index contributed by atoms with van der Waals surface area (Å²) in [5.41, 5.74) is 9.76. The van der Waals surface area contributed by atoms with Crippen molar-refractivity contribution in [2.24, 2.45) is 5.92 Å². The van der Waals surface area contributed by atoms with E-state index >= 15 is 0 Å². The number of β-amino-alcohol motifs (C(OH)–C–C–N with tert-alkyl or cyclic N) is 1. The molecule has 1 aliphatic rings. The van der Waals surface area contributed by atoms with Gasteiger partial charge in [-0.25, -0.2) is 4.98 Å². The first-order chi connectivity index (χ1) is 16.8. The van der Waals surface area contributed by atoms with Crippen LogP contribution in [0.3, 0.4) is 0 Å². The Labute approximate surface area is 241 Å². The molecule has 1 aromatic carbocycles. The normalized spacial score (nSPS) is 15.9. The molecule has 0 spiro atoms. The van der Waals surface area contributed by atoms with E-state index in [4.69, 9.17) is 9.36 Å². The van der Waals surface area contributed by atoms with Gasteiger partial charge in [-0.05, 0) is 36.8 Å². The molecule has 0 aliphatic carbocycles. The minimum Gasteiger partial charge on any atom is -0.537 e. The van der Waals surface area contributed by atoms with E-state index in [2.05, 4.69) is 39.9 Å². The molecular formula is C26H35N4O4SU-. The number of hydroxylamine groups is 1. The van der Waals surface area contributed by atoms with Crippen LogP contribution in [0.1, 0.15) is 55.8 Å². The molecule has 1 N–H and O–H groups in total. The largest absolute Gasteiger partial charge is 0.537 e. The summed E-state index contributed by atoms with van der Waals surface area (Å²) in [4.78, 5) is 24.7. The first-order valence-electron chi connectivity index (χ1n) is 12.0. The predicted octanol–water partition coefficient (Wildman–Crippen LogP) is 5.12. The van der Waals surface area contributed by atoms with Gasteiger partial charge in [0.15, 0.2) is 0 Å². The van der Waals surface area contributed by atoms with Crippen LogP contribution in [-0.4, -0.2) is 52.3 Å². The number of carbonyl (C=O) groups is 1. The Morgan fingerprint density at radius 3 is 2.56 bits per heavy atom. The van der Waals surface area contributed by atoms with Crippen molar-refractivity contribution >= 4 is 17.2 Å². The maximum absolute atomic E-state index is 12.6. The molecule has 0 saturated carbocycles. The second-order valence-corrected chi connectivity index (χ2v) is 9.80. The van der Waals surface area contributed by atoms with Gasteiger partial charge in [0.05, 0.1) is 34.5 Å². The zero-order valence-electron chi connectivity index (χ0n) is 21.6. The average molecular weight is 738 g/mol. The van der Waals surface area contributed by atoms with E-state index in [1.54, 1.807) is 23.3 Å². The number of rotatable bonds is 8. The number of aryl methyl sites for hydroxylation is 2. The number of nitrogens with zero attached hydrogens (tertiary/aromatic N) is 4. The Balaban J connectivity index is 0.000000250. The number of benzene rings is 1. The topological polar surface area (TPSA) is 103 Å². The maximum Gasteiger partial charge on any atom is 0.233 e. The SMILES string of the molecule is CCc1cc(C(C(=O)N2CCC(O)C2)C(C)C)on1.C[N-]OCc1ccc(-c2scnc2C)cc1.[U]. The fraction of sp³-hybridized carbons (Fsp3) is 0.500. The fourth-order valence-corrected chi connectivity index (χ4v) is 4.80. The number of carbonyl (C=O) groups excluding carboxylic acids is 1. The van der Waals surface area contributed by atoms with Crippen molar-refractivity contribution < 1.29 is 50.4 Å². The van der Waals surface area contributed by atoms with Gasteiger partial charge in [-0.3, -0.25) is 4.79 Å². The Morgan fingerprint density at radius 1 is 1.33 bits per heavy atom. The molecule has 2 unspecified atom stereocenters. The molecule has 0 bridgehead atoms. The van der Waals surface area contributed by atoms with Gasteiger partial charge < -0.3 is 24.8 Å². The molecule has 3 heterocycles. The van der Waals surface area contributed by atoms with Crippen LogP contribution in [0.15, 0.2) is 40.4 Å². The summed E-state index contributed by atoms with van der Waals surface area (Å²) in [5.74, 6) is 0.504. The summed E-state index contributed by atoms with van der Waals surface area (Å²) in [7, 11) is 1.63. The fourth-order valence-electron chi connectivity index (χ4n) is 3.99. The van der Waals surface area contributed by atoms with Crippen LogP contribution in [0.5, 0.6) is 0 Å². The molecule has 4 rings (SSSR count). The number of aliphatic hydroxyl groups is 1. The Kier molecular flexibility index (Phi) is 12.8. The summed E-state index contributed by atoms with van der Waals surface area (Å²) < 4.78 is 5.33. The summed E-state index contributed by atoms with van der Waals surface area (Å²) in [6, 6.07) is 10.2. The van der Waals surface area contributed by atoms with Crippen LogP contribution in [0, 0.1) is 44.0 Å². The quantitative estimate of drug-likeness (QED) is 0.322. The molecule has 2 aromatic heterocycles. The molecular weight excluding hydrogens is 702 g/mol. The first-order valence-corrected chi connectivity index (χ1v) is 12.8. The van der Waals surface area contributed by atoms with E-state index < -0.39 is 6.10 Å². The molecule has 194 valence electrons. The third-order valence-corrected chi connectivity index (χ3v) is 6.95. The molecule has 0 radical (unpaired) electrons. The first kappa shape index (κ1) is 30.7. The molecule has 3 aromatic rings. The van der Waals surface area contributed by atoms with E-state index in [9.17, 15) is 9.90 Å². The Hall–Kier alpha value is -1.54. The smallest absolute Gasteiger partial charge is 0.233 e. The summed E-state index contributed by atoms with van der Waals surface area (Å²) in [5, 5.41) is 13.5. The van der Waals surface area contributed by atoms with Crippen molar-refractivity contribution in [2.45, 2.75) is 59.2 Å². The zero-order chi connectivity index (χ0) is 25.4. The number of likely N-dealkylation sites (tertiary alicyclic amines) is 1. The van der Waals surface area contributed by atoms with Crippen molar-refractivity contribution in [3.8, 4) is 10.4 Å². The van der Waals surface area contributed by atoms with Crippen LogP contribution in [-0.2, 0) is 22.7 Å². The van der Waals surface area contributed by atoms with Gasteiger partial charge >= 0.3 is 0 Å². The summed E-state index contributed by atoms with van der Waals surface area (Å²) in [6.07, 6.45) is 1.07. The van der Waals surface area contributed by atoms with Crippen molar-refractivity contribution in [1.82, 2.24) is 15.0 Å². The van der Waals surface area contributed by atoms with E-state index in [-0.39, 0.29) is 48.9 Å². The van der Waals surface area contributed by atoms with Crippen molar-refractivity contribution in [3.63, 3.8) is 0 Å². The molecule has 1 saturated heterocycles. The van der Waals surface area contributed by atoms with Crippen LogP contribution in [0.2, 0.25) is 0 Å². The number of amides is 1. The van der Waals surface area contributed by atoms with Crippen LogP contribution in [0.25, 0.3) is 15.9 Å². The molecule has 1 amide bonds. The number of aromatic nitrogens is 2.